The number of nitrogens with one attached hydrogen (secondary N) is 1. The van der Waals surface area contributed by atoms with Crippen LogP contribution in [0.4, 0.5) is 0 Å². The molecule has 1 fully saturated rings. The van der Waals surface area contributed by atoms with Crippen molar-refractivity contribution in [1.29, 1.82) is 0 Å². The van der Waals surface area contributed by atoms with Gasteiger partial charge in [0.15, 0.2) is 0 Å². The molecule has 20 heavy (non-hydrogen) atoms. The van der Waals surface area contributed by atoms with Crippen LogP contribution in [0.15, 0.2) is 5.11 Å². The first-order valence-electron chi connectivity index (χ1n) is 7.50. The number of hydrogen-bond acceptors (Lipinski definition) is 4. The molecular formula is C14H26N4O2. The molecule has 1 saturated carbocycles. The van der Waals surface area contributed by atoms with E-state index in [1.807, 2.05) is 6.92 Å². The maximum atomic E-state index is 12.4. The highest BCUT2D eigenvalue weighted by atomic mass is 16.5. The molecule has 3 unspecified atom stereocenters. The Kier molecular flexibility index (Phi) is 6.82. The van der Waals surface area contributed by atoms with Gasteiger partial charge >= 0.3 is 5.97 Å². The molecule has 0 radical (unpaired) electrons. The molecule has 3 atom stereocenters. The van der Waals surface area contributed by atoms with Gasteiger partial charge in [0, 0.05) is 11.5 Å². The largest absolute Gasteiger partial charge is 0.465 e. The van der Waals surface area contributed by atoms with Crippen molar-refractivity contribution in [3.63, 3.8) is 0 Å². The first-order chi connectivity index (χ1) is 9.56. The molecule has 1 aliphatic rings. The highest BCUT2D eigenvalue weighted by molar-refractivity contribution is 5.81. The van der Waals surface area contributed by atoms with E-state index in [-0.39, 0.29) is 11.9 Å². The Morgan fingerprint density at radius 1 is 1.55 bits per heavy atom. The highest BCUT2D eigenvalue weighted by Crippen LogP contribution is 2.37. The van der Waals surface area contributed by atoms with Gasteiger partial charge in [-0.25, -0.2) is 0 Å². The van der Waals surface area contributed by atoms with Gasteiger partial charge in [-0.2, -0.15) is 0 Å². The van der Waals surface area contributed by atoms with Crippen molar-refractivity contribution in [3.8, 4) is 0 Å². The molecule has 0 bridgehead atoms. The second-order valence-electron chi connectivity index (χ2n) is 5.71. The lowest BCUT2D eigenvalue weighted by Gasteiger charge is -2.43. The van der Waals surface area contributed by atoms with E-state index in [0.717, 1.165) is 25.7 Å². The summed E-state index contributed by atoms with van der Waals surface area (Å²) < 4.78 is 5.29. The molecule has 0 spiro atoms. The number of hydrogen-bond donors (Lipinski definition) is 1. The van der Waals surface area contributed by atoms with Crippen molar-refractivity contribution in [2.24, 2.45) is 17.0 Å². The lowest BCUT2D eigenvalue weighted by Crippen LogP contribution is -2.59. The number of carbonyl (C=O) groups is 1. The molecule has 114 valence electrons. The van der Waals surface area contributed by atoms with Crippen LogP contribution in [-0.4, -0.2) is 31.2 Å². The van der Waals surface area contributed by atoms with Crippen LogP contribution in [-0.2, 0) is 9.53 Å². The van der Waals surface area contributed by atoms with Gasteiger partial charge in [-0.05, 0) is 56.5 Å². The van der Waals surface area contributed by atoms with Crippen molar-refractivity contribution in [3.05, 3.63) is 10.4 Å². The van der Waals surface area contributed by atoms with Gasteiger partial charge in [0.05, 0.1) is 6.61 Å². The van der Waals surface area contributed by atoms with Gasteiger partial charge in [0.2, 0.25) is 0 Å². The zero-order valence-corrected chi connectivity index (χ0v) is 12.8. The third-order valence-corrected chi connectivity index (χ3v) is 4.21. The summed E-state index contributed by atoms with van der Waals surface area (Å²) in [5.74, 6) is 0.769. The number of ether oxygens (including phenoxy) is 1. The van der Waals surface area contributed by atoms with E-state index >= 15 is 0 Å². The average molecular weight is 282 g/mol. The molecular weight excluding hydrogens is 256 g/mol. The molecule has 6 nitrogen and oxygen atoms in total. The van der Waals surface area contributed by atoms with Crippen molar-refractivity contribution < 1.29 is 9.53 Å². The fourth-order valence-electron chi connectivity index (χ4n) is 3.05. The predicted octanol–water partition coefficient (Wildman–Crippen LogP) is 3.03. The molecule has 0 amide bonds. The van der Waals surface area contributed by atoms with E-state index in [0.29, 0.717) is 25.6 Å². The molecule has 0 saturated heterocycles. The van der Waals surface area contributed by atoms with Gasteiger partial charge in [-0.15, -0.1) is 0 Å². The highest BCUT2D eigenvalue weighted by Gasteiger charge is 2.47. The number of esters is 1. The van der Waals surface area contributed by atoms with Crippen molar-refractivity contribution in [2.45, 2.75) is 52.0 Å². The molecule has 6 heteroatoms. The summed E-state index contributed by atoms with van der Waals surface area (Å²) in [6.07, 6.45) is 3.61. The molecule has 1 rings (SSSR count). The van der Waals surface area contributed by atoms with Crippen molar-refractivity contribution in [2.75, 3.05) is 19.7 Å². The van der Waals surface area contributed by atoms with Gasteiger partial charge in [0.1, 0.15) is 5.54 Å². The van der Waals surface area contributed by atoms with Gasteiger partial charge in [0.25, 0.3) is 0 Å². The molecule has 0 heterocycles. The van der Waals surface area contributed by atoms with Crippen LogP contribution in [0.25, 0.3) is 10.4 Å². The predicted molar refractivity (Wildman–Crippen MR) is 78.2 cm³/mol. The standard InChI is InChI=1S/C14H26N4O2/c1-4-20-13(19)14(16-8-5-9-17-18-15)7-6-11(2)10-12(14)3/h11-12,16H,4-10H2,1-3H3. The lowest BCUT2D eigenvalue weighted by molar-refractivity contribution is -0.156. The average Bonchev–Trinajstić information content (AvgIpc) is 2.41. The minimum atomic E-state index is -0.571. The Morgan fingerprint density at radius 3 is 2.90 bits per heavy atom. The summed E-state index contributed by atoms with van der Waals surface area (Å²) in [6.45, 7) is 7.70. The van der Waals surface area contributed by atoms with Crippen LogP contribution in [0.3, 0.4) is 0 Å². The summed E-state index contributed by atoms with van der Waals surface area (Å²) in [5, 5.41) is 6.90. The van der Waals surface area contributed by atoms with Crippen LogP contribution >= 0.6 is 0 Å². The summed E-state index contributed by atoms with van der Waals surface area (Å²) in [4.78, 5) is 15.1. The molecule has 0 aromatic heterocycles. The minimum absolute atomic E-state index is 0.136. The molecule has 1 N–H and O–H groups in total. The Bertz CT molecular complexity index is 368. The Labute approximate surface area is 120 Å². The number of nitrogens with zero attached hydrogens (tertiary/aromatic N) is 3. The Morgan fingerprint density at radius 2 is 2.30 bits per heavy atom. The van der Waals surface area contributed by atoms with Gasteiger partial charge in [-0.3, -0.25) is 4.79 Å². The quantitative estimate of drug-likeness (QED) is 0.256. The third kappa shape index (κ3) is 4.12. The Balaban J connectivity index is 2.69. The fraction of sp³-hybridized carbons (Fsp3) is 0.929. The van der Waals surface area contributed by atoms with Crippen LogP contribution in [0.5, 0.6) is 0 Å². The van der Waals surface area contributed by atoms with Crippen LogP contribution in [0.1, 0.15) is 46.5 Å². The summed E-state index contributed by atoms with van der Waals surface area (Å²) in [5.41, 5.74) is 7.69. The summed E-state index contributed by atoms with van der Waals surface area (Å²) in [6, 6.07) is 0. The maximum absolute atomic E-state index is 12.4. The van der Waals surface area contributed by atoms with Gasteiger partial charge in [-0.1, -0.05) is 19.0 Å². The van der Waals surface area contributed by atoms with Crippen molar-refractivity contribution >= 4 is 5.97 Å². The maximum Gasteiger partial charge on any atom is 0.326 e. The second kappa shape index (κ2) is 8.12. The molecule has 0 aromatic carbocycles. The lowest BCUT2D eigenvalue weighted by atomic mass is 9.70. The smallest absolute Gasteiger partial charge is 0.326 e. The SMILES string of the molecule is CCOC(=O)C1(NCCCN=[N+]=[N-])CCC(C)CC1C. The van der Waals surface area contributed by atoms with Gasteiger partial charge < -0.3 is 10.1 Å². The van der Waals surface area contributed by atoms with E-state index in [2.05, 4.69) is 29.2 Å². The third-order valence-electron chi connectivity index (χ3n) is 4.21. The normalized spacial score (nSPS) is 29.6. The monoisotopic (exact) mass is 282 g/mol. The molecule has 0 aliphatic heterocycles. The topological polar surface area (TPSA) is 87.1 Å². The zero-order valence-electron chi connectivity index (χ0n) is 12.8. The van der Waals surface area contributed by atoms with E-state index in [1.54, 1.807) is 0 Å². The number of rotatable bonds is 7. The fourth-order valence-corrected chi connectivity index (χ4v) is 3.05. The zero-order chi connectivity index (χ0) is 15.0. The van der Waals surface area contributed by atoms with E-state index < -0.39 is 5.54 Å². The van der Waals surface area contributed by atoms with Crippen LogP contribution < -0.4 is 5.32 Å². The minimum Gasteiger partial charge on any atom is -0.465 e. The number of carbonyl (C=O) groups excluding carboxylic acids is 1. The van der Waals surface area contributed by atoms with Crippen LogP contribution in [0, 0.1) is 11.8 Å². The second-order valence-corrected chi connectivity index (χ2v) is 5.71. The summed E-state index contributed by atoms with van der Waals surface area (Å²) in [7, 11) is 0. The van der Waals surface area contributed by atoms with E-state index in [9.17, 15) is 4.79 Å². The first kappa shape index (κ1) is 16.8. The summed E-state index contributed by atoms with van der Waals surface area (Å²) >= 11 is 0. The van der Waals surface area contributed by atoms with E-state index in [1.165, 1.54) is 0 Å². The van der Waals surface area contributed by atoms with E-state index in [4.69, 9.17) is 10.3 Å². The first-order valence-corrected chi connectivity index (χ1v) is 7.50. The molecule has 1 aliphatic carbocycles. The molecule has 0 aromatic rings. The number of azide groups is 1. The van der Waals surface area contributed by atoms with Crippen LogP contribution in [0.2, 0.25) is 0 Å². The van der Waals surface area contributed by atoms with Crippen molar-refractivity contribution in [1.82, 2.24) is 5.32 Å². The Hall–Kier alpha value is -1.26.